The third kappa shape index (κ3) is 2.04. The van der Waals surface area contributed by atoms with Gasteiger partial charge in [0.1, 0.15) is 0 Å². The molecule has 23 heavy (non-hydrogen) atoms. The molecule has 1 atom stereocenters. The summed E-state index contributed by atoms with van der Waals surface area (Å²) in [5.74, 6) is -0.0189. The van der Waals surface area contributed by atoms with Crippen molar-refractivity contribution < 1.29 is 9.53 Å². The highest BCUT2D eigenvalue weighted by atomic mass is 16.5. The summed E-state index contributed by atoms with van der Waals surface area (Å²) in [6, 6.07) is 8.57. The van der Waals surface area contributed by atoms with Crippen molar-refractivity contribution in [3.63, 3.8) is 0 Å². The second-order valence-electron chi connectivity index (χ2n) is 6.93. The van der Waals surface area contributed by atoms with Gasteiger partial charge in [0.2, 0.25) is 0 Å². The lowest BCUT2D eigenvalue weighted by Crippen LogP contribution is -2.52. The Balaban J connectivity index is 1.84. The molecule has 1 saturated carbocycles. The zero-order valence-electron chi connectivity index (χ0n) is 13.9. The zero-order valence-corrected chi connectivity index (χ0v) is 13.9. The van der Waals surface area contributed by atoms with Gasteiger partial charge in [-0.1, -0.05) is 24.6 Å². The van der Waals surface area contributed by atoms with Crippen LogP contribution in [0.4, 0.5) is 0 Å². The van der Waals surface area contributed by atoms with Crippen LogP contribution in [0, 0.1) is 5.41 Å². The minimum absolute atomic E-state index is 0.0189. The molecule has 4 rings (SSSR count). The first kappa shape index (κ1) is 14.8. The molecule has 0 spiro atoms. The highest BCUT2D eigenvalue weighted by Gasteiger charge is 2.55. The Kier molecular flexibility index (Phi) is 3.45. The quantitative estimate of drug-likeness (QED) is 0.883. The third-order valence-corrected chi connectivity index (χ3v) is 5.73. The van der Waals surface area contributed by atoms with Crippen LogP contribution in [0.15, 0.2) is 24.3 Å². The molecule has 122 valence electrons. The molecule has 1 aliphatic carbocycles. The predicted molar refractivity (Wildman–Crippen MR) is 90.3 cm³/mol. The molecule has 0 saturated heterocycles. The number of nitrogens with one attached hydrogen (secondary N) is 1. The molecule has 0 bridgehead atoms. The van der Waals surface area contributed by atoms with E-state index in [2.05, 4.69) is 41.2 Å². The number of para-hydroxylation sites is 1. The van der Waals surface area contributed by atoms with Crippen molar-refractivity contribution >= 4 is 16.9 Å². The van der Waals surface area contributed by atoms with E-state index in [0.717, 1.165) is 32.2 Å². The minimum Gasteiger partial charge on any atom is -0.466 e. The van der Waals surface area contributed by atoms with Gasteiger partial charge in [-0.3, -0.25) is 9.69 Å². The summed E-state index contributed by atoms with van der Waals surface area (Å²) in [6.07, 6.45) is 4.00. The first-order valence-electron chi connectivity index (χ1n) is 8.64. The van der Waals surface area contributed by atoms with E-state index in [-0.39, 0.29) is 17.4 Å². The average Bonchev–Trinajstić information content (AvgIpc) is 2.87. The number of fused-ring (bicyclic) bond motifs is 3. The Hall–Kier alpha value is -1.81. The summed E-state index contributed by atoms with van der Waals surface area (Å²) in [7, 11) is 2.14. The maximum Gasteiger partial charge on any atom is 0.314 e. The molecule has 2 aromatic rings. The fourth-order valence-corrected chi connectivity index (χ4v) is 4.48. The van der Waals surface area contributed by atoms with Crippen molar-refractivity contribution in [1.29, 1.82) is 0 Å². The second-order valence-corrected chi connectivity index (χ2v) is 6.93. The van der Waals surface area contributed by atoms with Crippen LogP contribution < -0.4 is 0 Å². The number of aromatic amines is 1. The van der Waals surface area contributed by atoms with Crippen molar-refractivity contribution in [2.24, 2.45) is 5.41 Å². The van der Waals surface area contributed by atoms with Crippen LogP contribution in [0.2, 0.25) is 0 Å². The van der Waals surface area contributed by atoms with E-state index in [1.54, 1.807) is 0 Å². The third-order valence-electron chi connectivity index (χ3n) is 5.73. The molecule has 0 radical (unpaired) electrons. The van der Waals surface area contributed by atoms with E-state index >= 15 is 0 Å². The van der Waals surface area contributed by atoms with Gasteiger partial charge in [0.15, 0.2) is 0 Å². The SMILES string of the molecule is CCOC(=O)C1(C2c3[nH]c4ccccc4c3CCN2C)CCC1. The van der Waals surface area contributed by atoms with Gasteiger partial charge < -0.3 is 9.72 Å². The number of ether oxygens (including phenoxy) is 1. The highest BCUT2D eigenvalue weighted by Crippen LogP contribution is 2.55. The average molecular weight is 312 g/mol. The number of aromatic nitrogens is 1. The molecule has 1 N–H and O–H groups in total. The number of H-pyrrole nitrogens is 1. The van der Waals surface area contributed by atoms with Gasteiger partial charge in [0, 0.05) is 23.1 Å². The Morgan fingerprint density at radius 3 is 2.87 bits per heavy atom. The van der Waals surface area contributed by atoms with E-state index in [0.29, 0.717) is 6.61 Å². The van der Waals surface area contributed by atoms with Gasteiger partial charge in [-0.2, -0.15) is 0 Å². The largest absolute Gasteiger partial charge is 0.466 e. The molecule has 1 unspecified atom stereocenters. The topological polar surface area (TPSA) is 45.3 Å². The van der Waals surface area contributed by atoms with Crippen LogP contribution in [0.3, 0.4) is 0 Å². The molecule has 1 aromatic carbocycles. The maximum atomic E-state index is 12.8. The smallest absolute Gasteiger partial charge is 0.314 e. The second kappa shape index (κ2) is 5.38. The summed E-state index contributed by atoms with van der Waals surface area (Å²) in [5.41, 5.74) is 3.42. The molecule has 1 aromatic heterocycles. The molecule has 2 aliphatic rings. The summed E-state index contributed by atoms with van der Waals surface area (Å²) < 4.78 is 5.46. The van der Waals surface area contributed by atoms with E-state index in [4.69, 9.17) is 4.74 Å². The fourth-order valence-electron chi connectivity index (χ4n) is 4.48. The highest BCUT2D eigenvalue weighted by molar-refractivity contribution is 5.86. The Morgan fingerprint density at radius 2 is 2.17 bits per heavy atom. The lowest BCUT2D eigenvalue weighted by molar-refractivity contribution is -0.168. The van der Waals surface area contributed by atoms with E-state index < -0.39 is 0 Å². The van der Waals surface area contributed by atoms with Gasteiger partial charge in [-0.25, -0.2) is 0 Å². The Morgan fingerprint density at radius 1 is 1.39 bits per heavy atom. The molecule has 2 heterocycles. The lowest BCUT2D eigenvalue weighted by Gasteiger charge is -2.50. The monoisotopic (exact) mass is 312 g/mol. The molecule has 1 fully saturated rings. The minimum atomic E-state index is -0.374. The van der Waals surface area contributed by atoms with E-state index in [9.17, 15) is 4.79 Å². The van der Waals surface area contributed by atoms with Crippen LogP contribution >= 0.6 is 0 Å². The number of esters is 1. The van der Waals surface area contributed by atoms with Crippen LogP contribution in [0.25, 0.3) is 10.9 Å². The fraction of sp³-hybridized carbons (Fsp3) is 0.526. The molecule has 4 heteroatoms. The Labute approximate surface area is 136 Å². The first-order chi connectivity index (χ1) is 11.2. The van der Waals surface area contributed by atoms with Crippen molar-refractivity contribution in [1.82, 2.24) is 9.88 Å². The van der Waals surface area contributed by atoms with Crippen molar-refractivity contribution in [3.8, 4) is 0 Å². The molecular weight excluding hydrogens is 288 g/mol. The van der Waals surface area contributed by atoms with Gasteiger partial charge in [0.25, 0.3) is 0 Å². The van der Waals surface area contributed by atoms with Crippen LogP contribution in [-0.2, 0) is 16.0 Å². The lowest BCUT2D eigenvalue weighted by atomic mass is 9.61. The summed E-state index contributed by atoms with van der Waals surface area (Å²) in [6.45, 7) is 3.33. The van der Waals surface area contributed by atoms with Gasteiger partial charge in [0.05, 0.1) is 18.1 Å². The Bertz CT molecular complexity index is 745. The number of hydrogen-bond donors (Lipinski definition) is 1. The predicted octanol–water partition coefficient (Wildman–Crippen LogP) is 3.43. The molecule has 1 aliphatic heterocycles. The number of likely N-dealkylation sites (N-methyl/N-ethyl adjacent to an activating group) is 1. The number of carbonyl (C=O) groups is 1. The van der Waals surface area contributed by atoms with Crippen molar-refractivity contribution in [3.05, 3.63) is 35.5 Å². The number of hydrogen-bond acceptors (Lipinski definition) is 3. The first-order valence-corrected chi connectivity index (χ1v) is 8.64. The van der Waals surface area contributed by atoms with Gasteiger partial charge >= 0.3 is 5.97 Å². The van der Waals surface area contributed by atoms with E-state index in [1.807, 2.05) is 6.92 Å². The zero-order chi connectivity index (χ0) is 16.0. The van der Waals surface area contributed by atoms with Gasteiger partial charge in [-0.15, -0.1) is 0 Å². The van der Waals surface area contributed by atoms with Gasteiger partial charge in [-0.05, 0) is 44.9 Å². The molecule has 0 amide bonds. The van der Waals surface area contributed by atoms with Crippen LogP contribution in [0.5, 0.6) is 0 Å². The van der Waals surface area contributed by atoms with Crippen LogP contribution in [0.1, 0.15) is 43.5 Å². The molecule has 4 nitrogen and oxygen atoms in total. The van der Waals surface area contributed by atoms with Crippen LogP contribution in [-0.4, -0.2) is 36.1 Å². The normalized spacial score (nSPS) is 23.3. The molecular formula is C19H24N2O2. The maximum absolute atomic E-state index is 12.8. The van der Waals surface area contributed by atoms with Crippen molar-refractivity contribution in [2.75, 3.05) is 20.2 Å². The van der Waals surface area contributed by atoms with E-state index in [1.165, 1.54) is 22.2 Å². The number of nitrogens with zero attached hydrogens (tertiary/aromatic N) is 1. The number of benzene rings is 1. The summed E-state index contributed by atoms with van der Waals surface area (Å²) in [4.78, 5) is 18.7. The number of rotatable bonds is 3. The summed E-state index contributed by atoms with van der Waals surface area (Å²) >= 11 is 0. The summed E-state index contributed by atoms with van der Waals surface area (Å²) in [5, 5.41) is 1.30. The van der Waals surface area contributed by atoms with Crippen molar-refractivity contribution in [2.45, 2.75) is 38.6 Å². The number of carbonyl (C=O) groups excluding carboxylic acids is 1. The standard InChI is InChI=1S/C19H24N2O2/c1-3-23-18(22)19(10-6-11-19)17-16-14(9-12-21(17)2)13-7-4-5-8-15(13)20-16/h4-5,7-8,17,20H,3,6,9-12H2,1-2H3.